The fraction of sp³-hybridized carbons (Fsp3) is 0.750. The SMILES string of the molecule is C#C[C@]1(OC(=O)C=CCCCCC)CC[C@H]2[C@@H]3CCC4CC=CC[C@@H]4[C@H]3CC[C@@]21C. The zero-order valence-electron chi connectivity index (χ0n) is 19.1. The molecule has 2 heteroatoms. The normalized spacial score (nSPS) is 42.2. The monoisotopic (exact) mass is 408 g/mol. The fourth-order valence-electron chi connectivity index (χ4n) is 7.75. The van der Waals surface area contributed by atoms with Crippen LogP contribution in [0.1, 0.15) is 90.9 Å². The van der Waals surface area contributed by atoms with E-state index in [-0.39, 0.29) is 11.4 Å². The molecule has 4 aliphatic rings. The Kier molecular flexibility index (Phi) is 6.47. The van der Waals surface area contributed by atoms with E-state index in [4.69, 9.17) is 11.2 Å². The van der Waals surface area contributed by atoms with E-state index in [1.54, 1.807) is 6.08 Å². The van der Waals surface area contributed by atoms with Crippen LogP contribution in [0.4, 0.5) is 0 Å². The first-order valence-corrected chi connectivity index (χ1v) is 12.6. The summed E-state index contributed by atoms with van der Waals surface area (Å²) in [4.78, 5) is 12.7. The number of carbonyl (C=O) groups excluding carboxylic acids is 1. The van der Waals surface area contributed by atoms with Gasteiger partial charge in [-0.3, -0.25) is 0 Å². The van der Waals surface area contributed by atoms with Crippen molar-refractivity contribution < 1.29 is 9.53 Å². The third-order valence-corrected chi connectivity index (χ3v) is 9.39. The van der Waals surface area contributed by atoms with Gasteiger partial charge in [0.05, 0.1) is 0 Å². The van der Waals surface area contributed by atoms with Crippen molar-refractivity contribution in [3.05, 3.63) is 24.3 Å². The van der Waals surface area contributed by atoms with Crippen LogP contribution in [0.25, 0.3) is 0 Å². The molecule has 0 aromatic rings. The molecule has 0 spiro atoms. The molecule has 0 N–H and O–H groups in total. The number of carbonyl (C=O) groups is 1. The van der Waals surface area contributed by atoms with E-state index in [0.717, 1.165) is 55.8 Å². The van der Waals surface area contributed by atoms with Crippen LogP contribution in [0, 0.1) is 47.3 Å². The third kappa shape index (κ3) is 3.68. The van der Waals surface area contributed by atoms with Crippen molar-refractivity contribution in [2.75, 3.05) is 0 Å². The second-order valence-electron chi connectivity index (χ2n) is 10.7. The maximum atomic E-state index is 12.7. The summed E-state index contributed by atoms with van der Waals surface area (Å²) in [6.07, 6.45) is 28.5. The molecule has 164 valence electrons. The summed E-state index contributed by atoms with van der Waals surface area (Å²) in [6, 6.07) is 0. The Balaban J connectivity index is 1.47. The zero-order valence-corrected chi connectivity index (χ0v) is 19.1. The van der Waals surface area contributed by atoms with Gasteiger partial charge in [-0.15, -0.1) is 6.42 Å². The molecule has 4 aliphatic carbocycles. The Bertz CT molecular complexity index is 727. The lowest BCUT2D eigenvalue weighted by atomic mass is 9.49. The lowest BCUT2D eigenvalue weighted by Crippen LogP contribution is -2.54. The quantitative estimate of drug-likeness (QED) is 0.158. The summed E-state index contributed by atoms with van der Waals surface area (Å²) >= 11 is 0. The van der Waals surface area contributed by atoms with Crippen LogP contribution in [0.3, 0.4) is 0 Å². The number of esters is 1. The molecule has 0 bridgehead atoms. The maximum Gasteiger partial charge on any atom is 0.331 e. The molecule has 2 nitrogen and oxygen atoms in total. The molecule has 0 radical (unpaired) electrons. The van der Waals surface area contributed by atoms with Gasteiger partial charge in [0.2, 0.25) is 0 Å². The number of hydrogen-bond donors (Lipinski definition) is 0. The van der Waals surface area contributed by atoms with Crippen LogP contribution in [0.15, 0.2) is 24.3 Å². The molecule has 0 aromatic carbocycles. The van der Waals surface area contributed by atoms with E-state index < -0.39 is 5.60 Å². The first kappa shape index (κ1) is 21.7. The van der Waals surface area contributed by atoms with Crippen molar-refractivity contribution in [2.45, 2.75) is 96.5 Å². The standard InChI is InChI=1S/C28H40O2/c1-4-6-7-8-9-14-26(29)30-28(5-2)20-18-25-24-16-15-21-12-10-11-13-22(21)23(24)17-19-27(25,28)3/h2,9-11,14,21-25H,4,6-8,12-13,15-20H2,1,3H3/t21?,22-,23+,24+,25-,27-,28-/m0/s1. The third-order valence-electron chi connectivity index (χ3n) is 9.39. The Labute approximate surface area is 183 Å². The van der Waals surface area contributed by atoms with Crippen LogP contribution in [-0.2, 0) is 9.53 Å². The molecular weight excluding hydrogens is 368 g/mol. The van der Waals surface area contributed by atoms with Gasteiger partial charge in [0, 0.05) is 11.5 Å². The van der Waals surface area contributed by atoms with E-state index in [1.807, 2.05) is 6.08 Å². The highest BCUT2D eigenvalue weighted by Gasteiger charge is 2.64. The maximum absolute atomic E-state index is 12.7. The van der Waals surface area contributed by atoms with Gasteiger partial charge in [-0.1, -0.05) is 50.8 Å². The molecule has 0 saturated heterocycles. The molecule has 0 heterocycles. The Morgan fingerprint density at radius 2 is 1.93 bits per heavy atom. The van der Waals surface area contributed by atoms with Crippen LogP contribution in [0.5, 0.6) is 0 Å². The number of hydrogen-bond acceptors (Lipinski definition) is 2. The average Bonchev–Trinajstić information content (AvgIpc) is 3.06. The fourth-order valence-corrected chi connectivity index (χ4v) is 7.75. The highest BCUT2D eigenvalue weighted by molar-refractivity contribution is 5.82. The molecule has 0 aliphatic heterocycles. The van der Waals surface area contributed by atoms with Crippen LogP contribution >= 0.6 is 0 Å². The molecule has 30 heavy (non-hydrogen) atoms. The van der Waals surface area contributed by atoms with Crippen molar-refractivity contribution in [3.63, 3.8) is 0 Å². The summed E-state index contributed by atoms with van der Waals surface area (Å²) in [7, 11) is 0. The Morgan fingerprint density at radius 1 is 1.10 bits per heavy atom. The highest BCUT2D eigenvalue weighted by Crippen LogP contribution is 2.65. The predicted octanol–water partition coefficient (Wildman–Crippen LogP) is 6.86. The smallest absolute Gasteiger partial charge is 0.331 e. The topological polar surface area (TPSA) is 26.3 Å². The van der Waals surface area contributed by atoms with E-state index in [1.165, 1.54) is 44.9 Å². The first-order chi connectivity index (χ1) is 14.5. The number of ether oxygens (including phenoxy) is 1. The average molecular weight is 409 g/mol. The number of allylic oxidation sites excluding steroid dienone is 3. The minimum Gasteiger partial charge on any atom is -0.442 e. The summed E-state index contributed by atoms with van der Waals surface area (Å²) in [5.41, 5.74) is -0.803. The van der Waals surface area contributed by atoms with Gasteiger partial charge in [0.15, 0.2) is 5.60 Å². The molecule has 0 aromatic heterocycles. The summed E-state index contributed by atoms with van der Waals surface area (Å²) in [5, 5.41) is 0. The number of rotatable bonds is 6. The number of fused-ring (bicyclic) bond motifs is 5. The molecule has 3 fully saturated rings. The first-order valence-electron chi connectivity index (χ1n) is 12.6. The molecule has 1 unspecified atom stereocenters. The minimum absolute atomic E-state index is 0.0774. The van der Waals surface area contributed by atoms with Gasteiger partial charge in [-0.25, -0.2) is 4.79 Å². The van der Waals surface area contributed by atoms with Gasteiger partial charge in [-0.05, 0) is 93.8 Å². The molecule has 4 rings (SSSR count). The lowest BCUT2D eigenvalue weighted by Gasteiger charge is -2.56. The van der Waals surface area contributed by atoms with E-state index in [2.05, 4.69) is 31.9 Å². The van der Waals surface area contributed by atoms with Gasteiger partial charge < -0.3 is 4.74 Å². The number of unbranched alkanes of at least 4 members (excludes halogenated alkanes) is 3. The summed E-state index contributed by atoms with van der Waals surface area (Å²) in [5.74, 6) is 6.75. The second-order valence-corrected chi connectivity index (χ2v) is 10.7. The van der Waals surface area contributed by atoms with E-state index in [0.29, 0.717) is 5.92 Å². The van der Waals surface area contributed by atoms with Crippen LogP contribution in [-0.4, -0.2) is 11.6 Å². The van der Waals surface area contributed by atoms with Crippen molar-refractivity contribution in [1.29, 1.82) is 0 Å². The largest absolute Gasteiger partial charge is 0.442 e. The Hall–Kier alpha value is -1.49. The van der Waals surface area contributed by atoms with Gasteiger partial charge in [0.1, 0.15) is 0 Å². The minimum atomic E-state index is -0.725. The summed E-state index contributed by atoms with van der Waals surface area (Å²) in [6.45, 7) is 4.53. The number of terminal acetylenes is 1. The Morgan fingerprint density at radius 3 is 2.73 bits per heavy atom. The molecular formula is C28H40O2. The van der Waals surface area contributed by atoms with Gasteiger partial charge in [-0.2, -0.15) is 0 Å². The van der Waals surface area contributed by atoms with Gasteiger partial charge in [0.25, 0.3) is 0 Å². The molecule has 7 atom stereocenters. The van der Waals surface area contributed by atoms with Gasteiger partial charge >= 0.3 is 5.97 Å². The van der Waals surface area contributed by atoms with E-state index in [9.17, 15) is 4.79 Å². The van der Waals surface area contributed by atoms with Crippen molar-refractivity contribution in [3.8, 4) is 12.3 Å². The van der Waals surface area contributed by atoms with Crippen molar-refractivity contribution in [2.24, 2.45) is 35.0 Å². The van der Waals surface area contributed by atoms with E-state index >= 15 is 0 Å². The van der Waals surface area contributed by atoms with Crippen LogP contribution in [0.2, 0.25) is 0 Å². The van der Waals surface area contributed by atoms with Crippen LogP contribution < -0.4 is 0 Å². The zero-order chi connectivity index (χ0) is 21.2. The summed E-state index contributed by atoms with van der Waals surface area (Å²) < 4.78 is 6.14. The predicted molar refractivity (Wildman–Crippen MR) is 123 cm³/mol. The second kappa shape index (κ2) is 8.94. The highest BCUT2D eigenvalue weighted by atomic mass is 16.6. The molecule has 3 saturated carbocycles. The van der Waals surface area contributed by atoms with Crippen molar-refractivity contribution >= 4 is 5.97 Å². The lowest BCUT2D eigenvalue weighted by molar-refractivity contribution is -0.165. The molecule has 0 amide bonds. The van der Waals surface area contributed by atoms with Crippen molar-refractivity contribution in [1.82, 2.24) is 0 Å².